The van der Waals surface area contributed by atoms with E-state index in [1.165, 1.54) is 14.2 Å². The van der Waals surface area contributed by atoms with Crippen molar-refractivity contribution in [1.82, 2.24) is 45.8 Å². The van der Waals surface area contributed by atoms with Crippen LogP contribution in [0.3, 0.4) is 0 Å². The molecule has 324 valence electrons. The molecule has 1 atom stereocenters. The zero-order valence-electron chi connectivity index (χ0n) is 34.4. The highest BCUT2D eigenvalue weighted by molar-refractivity contribution is 6.23. The topological polar surface area (TPSA) is 275 Å². The number of nitrogens with one attached hydrogen (secondary N) is 5. The maximum atomic E-state index is 13.1. The Kier molecular flexibility index (Phi) is 12.8. The van der Waals surface area contributed by atoms with Gasteiger partial charge in [0.05, 0.1) is 52.8 Å². The molecule has 4 aromatic rings. The molecule has 2 fully saturated rings. The van der Waals surface area contributed by atoms with E-state index in [1.54, 1.807) is 53.5 Å². The number of hydrogen-bond donors (Lipinski definition) is 6. The SMILES string of the molecule is CNC(=O)c1nnc(C2(C(N)=O)CC2)cc1Nc1cccc(-c2ncn(CCNC(=O)CCCCCCCNc3ccc4c(c3)C(=O)N(C3CCC(=O)NC3=O)C4=O)n2)c1OC. The summed E-state index contributed by atoms with van der Waals surface area (Å²) in [5.41, 5.74) is 7.71. The predicted molar refractivity (Wildman–Crippen MR) is 223 cm³/mol. The molecule has 1 saturated carbocycles. The van der Waals surface area contributed by atoms with Crippen LogP contribution in [0.2, 0.25) is 0 Å². The molecule has 20 nitrogen and oxygen atoms in total. The highest BCUT2D eigenvalue weighted by Gasteiger charge is 2.52. The fraction of sp³-hybridized carbons (Fsp3) is 0.405. The number of ether oxygens (including phenoxy) is 1. The number of piperidine rings is 1. The third-order valence-electron chi connectivity index (χ3n) is 11.2. The average molecular weight is 849 g/mol. The molecule has 2 aromatic carbocycles. The number of fused-ring (bicyclic) bond motifs is 1. The summed E-state index contributed by atoms with van der Waals surface area (Å²) in [5.74, 6) is -2.37. The van der Waals surface area contributed by atoms with Gasteiger partial charge < -0.3 is 31.7 Å². The number of benzene rings is 2. The molecular formula is C42H48N12O8. The highest BCUT2D eigenvalue weighted by Crippen LogP contribution is 2.48. The quantitative estimate of drug-likeness (QED) is 0.0551. The summed E-state index contributed by atoms with van der Waals surface area (Å²) >= 11 is 0. The van der Waals surface area contributed by atoms with Crippen molar-refractivity contribution in [1.29, 1.82) is 0 Å². The maximum absolute atomic E-state index is 13.1. The van der Waals surface area contributed by atoms with Crippen molar-refractivity contribution in [3.63, 3.8) is 0 Å². The fourth-order valence-electron chi connectivity index (χ4n) is 7.62. The number of carbonyl (C=O) groups excluding carboxylic acids is 7. The molecule has 0 spiro atoms. The Morgan fingerprint density at radius 1 is 0.919 bits per heavy atom. The van der Waals surface area contributed by atoms with Gasteiger partial charge in [0.1, 0.15) is 12.4 Å². The monoisotopic (exact) mass is 848 g/mol. The van der Waals surface area contributed by atoms with Crippen LogP contribution in [0.15, 0.2) is 48.8 Å². The lowest BCUT2D eigenvalue weighted by atomic mass is 10.0. The molecule has 0 radical (unpaired) electrons. The van der Waals surface area contributed by atoms with Crippen LogP contribution in [0.25, 0.3) is 11.4 Å². The Labute approximate surface area is 356 Å². The molecular weight excluding hydrogens is 801 g/mol. The molecule has 2 aliphatic heterocycles. The smallest absolute Gasteiger partial charge is 0.273 e. The number of anilines is 3. The molecule has 0 bridgehead atoms. The zero-order chi connectivity index (χ0) is 44.0. The Morgan fingerprint density at radius 2 is 1.69 bits per heavy atom. The van der Waals surface area contributed by atoms with E-state index in [0.717, 1.165) is 37.0 Å². The molecule has 1 aliphatic carbocycles. The van der Waals surface area contributed by atoms with Gasteiger partial charge in [0.2, 0.25) is 23.6 Å². The lowest BCUT2D eigenvalue weighted by Crippen LogP contribution is -2.54. The van der Waals surface area contributed by atoms with E-state index in [4.69, 9.17) is 10.5 Å². The van der Waals surface area contributed by atoms with Crippen LogP contribution in [0, 0.1) is 0 Å². The molecule has 7 N–H and O–H groups in total. The first-order valence-corrected chi connectivity index (χ1v) is 20.5. The van der Waals surface area contributed by atoms with Gasteiger partial charge >= 0.3 is 0 Å². The van der Waals surface area contributed by atoms with Crippen LogP contribution in [-0.4, -0.2) is 105 Å². The fourth-order valence-corrected chi connectivity index (χ4v) is 7.62. The highest BCUT2D eigenvalue weighted by atomic mass is 16.5. The summed E-state index contributed by atoms with van der Waals surface area (Å²) < 4.78 is 7.40. The predicted octanol–water partition coefficient (Wildman–Crippen LogP) is 2.33. The normalized spacial score (nSPS) is 16.4. The van der Waals surface area contributed by atoms with Gasteiger partial charge in [0.25, 0.3) is 17.7 Å². The number of primary amides is 1. The van der Waals surface area contributed by atoms with Gasteiger partial charge in [-0.1, -0.05) is 25.3 Å². The van der Waals surface area contributed by atoms with Crippen molar-refractivity contribution in [3.8, 4) is 17.1 Å². The number of unbranched alkanes of at least 4 members (excludes halogenated alkanes) is 4. The molecule has 1 unspecified atom stereocenters. The number of aromatic nitrogens is 5. The number of nitrogens with two attached hydrogens (primary N) is 1. The van der Waals surface area contributed by atoms with Gasteiger partial charge in [-0.3, -0.25) is 48.5 Å². The van der Waals surface area contributed by atoms with E-state index in [-0.39, 0.29) is 35.6 Å². The summed E-state index contributed by atoms with van der Waals surface area (Å²) in [4.78, 5) is 92.7. The van der Waals surface area contributed by atoms with E-state index in [0.29, 0.717) is 78.8 Å². The van der Waals surface area contributed by atoms with Crippen molar-refractivity contribution in [2.75, 3.05) is 37.9 Å². The number of methoxy groups -OCH3 is 1. The summed E-state index contributed by atoms with van der Waals surface area (Å²) in [6.45, 7) is 1.40. The number of para-hydroxylation sites is 1. The minimum Gasteiger partial charge on any atom is -0.494 e. The van der Waals surface area contributed by atoms with Gasteiger partial charge in [-0.05, 0) is 68.5 Å². The second kappa shape index (κ2) is 18.6. The Balaban J connectivity index is 0.821. The molecule has 2 aromatic heterocycles. The summed E-state index contributed by atoms with van der Waals surface area (Å²) in [6.07, 6.45) is 7.62. The van der Waals surface area contributed by atoms with Crippen LogP contribution >= 0.6 is 0 Å². The molecule has 1 saturated heterocycles. The zero-order valence-corrected chi connectivity index (χ0v) is 34.4. The number of nitrogens with zero attached hydrogens (tertiary/aromatic N) is 6. The van der Waals surface area contributed by atoms with Crippen LogP contribution < -0.4 is 37.1 Å². The molecule has 7 amide bonds. The first kappa shape index (κ1) is 42.9. The van der Waals surface area contributed by atoms with E-state index >= 15 is 0 Å². The molecule has 4 heterocycles. The summed E-state index contributed by atoms with van der Waals surface area (Å²) in [6, 6.07) is 10.9. The van der Waals surface area contributed by atoms with Crippen molar-refractivity contribution in [2.24, 2.45) is 5.73 Å². The molecule has 20 heteroatoms. The van der Waals surface area contributed by atoms with Crippen LogP contribution in [-0.2, 0) is 31.1 Å². The third kappa shape index (κ3) is 9.08. The summed E-state index contributed by atoms with van der Waals surface area (Å²) in [5, 5.41) is 27.1. The van der Waals surface area contributed by atoms with Gasteiger partial charge in [-0.2, -0.15) is 10.2 Å². The van der Waals surface area contributed by atoms with E-state index in [1.807, 2.05) is 0 Å². The Bertz CT molecular complexity index is 2430. The number of carbonyl (C=O) groups is 7. The van der Waals surface area contributed by atoms with Crippen LogP contribution in [0.4, 0.5) is 17.1 Å². The Hall–Kier alpha value is -7.25. The van der Waals surface area contributed by atoms with Crippen LogP contribution in [0.5, 0.6) is 5.75 Å². The van der Waals surface area contributed by atoms with Gasteiger partial charge in [-0.15, -0.1) is 5.10 Å². The molecule has 7 rings (SSSR count). The number of amides is 7. The first-order chi connectivity index (χ1) is 29.9. The second-order valence-electron chi connectivity index (χ2n) is 15.4. The van der Waals surface area contributed by atoms with E-state index < -0.39 is 46.9 Å². The van der Waals surface area contributed by atoms with Crippen molar-refractivity contribution in [3.05, 3.63) is 71.3 Å². The number of hydrogen-bond acceptors (Lipinski definition) is 14. The third-order valence-corrected chi connectivity index (χ3v) is 11.2. The van der Waals surface area contributed by atoms with Crippen molar-refractivity contribution < 1.29 is 38.3 Å². The Morgan fingerprint density at radius 3 is 2.44 bits per heavy atom. The van der Waals surface area contributed by atoms with Gasteiger partial charge in [-0.25, -0.2) is 4.98 Å². The van der Waals surface area contributed by atoms with Crippen molar-refractivity contribution >= 4 is 58.4 Å². The standard InChI is InChI=1S/C42H48N12O8/c1-44-38(58)34-29(22-31(50-51-34)42(16-17-42)41(43)61)48-28-10-8-9-26(35(28)62-2)36-47-23-53(52-36)20-19-46-32(55)11-6-4-3-5-7-18-45-24-12-13-25-27(21-24)40(60)54(39(25)59)30-14-15-33(56)49-37(30)57/h8-10,12-13,21-23,30,45H,3-7,11,14-20H2,1-2H3,(H2,43,61)(H,44,58)(H,46,55)(H,48,50)(H,49,56,57). The van der Waals surface area contributed by atoms with E-state index in [2.05, 4.69) is 46.9 Å². The maximum Gasteiger partial charge on any atom is 0.273 e. The lowest BCUT2D eigenvalue weighted by Gasteiger charge is -2.27. The molecule has 62 heavy (non-hydrogen) atoms. The van der Waals surface area contributed by atoms with Gasteiger partial charge in [0, 0.05) is 38.7 Å². The second-order valence-corrected chi connectivity index (χ2v) is 15.4. The molecule has 3 aliphatic rings. The lowest BCUT2D eigenvalue weighted by molar-refractivity contribution is -0.136. The summed E-state index contributed by atoms with van der Waals surface area (Å²) in [7, 11) is 2.99. The van der Waals surface area contributed by atoms with Crippen LogP contribution in [0.1, 0.15) is 101 Å². The largest absolute Gasteiger partial charge is 0.494 e. The average Bonchev–Trinajstić information content (AvgIpc) is 3.89. The minimum atomic E-state index is -1.00. The van der Waals surface area contributed by atoms with Gasteiger partial charge in [0.15, 0.2) is 17.3 Å². The van der Waals surface area contributed by atoms with Crippen molar-refractivity contribution in [2.45, 2.75) is 82.2 Å². The van der Waals surface area contributed by atoms with E-state index in [9.17, 15) is 33.6 Å². The number of rotatable bonds is 20. The number of imide groups is 2. The minimum absolute atomic E-state index is 0.0248. The first-order valence-electron chi connectivity index (χ1n) is 20.5.